The molecule has 2 aromatic rings. The zero-order chi connectivity index (χ0) is 18.4. The molecule has 1 aliphatic heterocycles. The molecular formula is C19H22N4O3. The Balaban J connectivity index is 1.47. The number of hydrogen-bond donors (Lipinski definition) is 1. The van der Waals surface area contributed by atoms with E-state index in [1.807, 2.05) is 18.2 Å². The second kappa shape index (κ2) is 8.33. The van der Waals surface area contributed by atoms with Gasteiger partial charge in [-0.3, -0.25) is 9.59 Å². The van der Waals surface area contributed by atoms with Crippen molar-refractivity contribution in [2.75, 3.05) is 43.5 Å². The summed E-state index contributed by atoms with van der Waals surface area (Å²) in [6.45, 7) is 2.60. The Bertz CT molecular complexity index is 741. The van der Waals surface area contributed by atoms with Gasteiger partial charge in [0.25, 0.3) is 0 Å². The molecule has 0 spiro atoms. The number of rotatable bonds is 5. The van der Waals surface area contributed by atoms with E-state index in [4.69, 9.17) is 4.74 Å². The lowest BCUT2D eigenvalue weighted by Gasteiger charge is -2.35. The number of methoxy groups -OCH3 is 1. The molecule has 0 aliphatic carbocycles. The van der Waals surface area contributed by atoms with Gasteiger partial charge < -0.3 is 19.9 Å². The van der Waals surface area contributed by atoms with Gasteiger partial charge in [0.1, 0.15) is 18.0 Å². The summed E-state index contributed by atoms with van der Waals surface area (Å²) in [5.74, 6) is 1.16. The molecule has 1 fully saturated rings. The van der Waals surface area contributed by atoms with Gasteiger partial charge in [-0.05, 0) is 36.4 Å². The average molecular weight is 354 g/mol. The molecule has 0 saturated carbocycles. The molecule has 1 aliphatic rings. The van der Waals surface area contributed by atoms with E-state index in [9.17, 15) is 9.59 Å². The molecule has 0 radical (unpaired) electrons. The minimum absolute atomic E-state index is 0.156. The summed E-state index contributed by atoms with van der Waals surface area (Å²) in [6.07, 6.45) is 1.60. The summed E-state index contributed by atoms with van der Waals surface area (Å²) in [5.41, 5.74) is 0.642. The lowest BCUT2D eigenvalue weighted by atomic mass is 10.2. The van der Waals surface area contributed by atoms with Crippen LogP contribution in [0.1, 0.15) is 6.42 Å². The van der Waals surface area contributed by atoms with Crippen molar-refractivity contribution in [2.24, 2.45) is 0 Å². The fourth-order valence-electron chi connectivity index (χ4n) is 2.85. The van der Waals surface area contributed by atoms with Crippen molar-refractivity contribution in [1.82, 2.24) is 9.88 Å². The molecule has 1 aromatic heterocycles. The summed E-state index contributed by atoms with van der Waals surface area (Å²) in [6, 6.07) is 12.8. The van der Waals surface area contributed by atoms with Crippen molar-refractivity contribution in [1.29, 1.82) is 0 Å². The second-order valence-electron chi connectivity index (χ2n) is 6.01. The van der Waals surface area contributed by atoms with E-state index in [1.54, 1.807) is 42.5 Å². The van der Waals surface area contributed by atoms with Crippen molar-refractivity contribution in [3.63, 3.8) is 0 Å². The number of hydrogen-bond acceptors (Lipinski definition) is 5. The Morgan fingerprint density at radius 2 is 1.81 bits per heavy atom. The van der Waals surface area contributed by atoms with Gasteiger partial charge in [0, 0.05) is 38.1 Å². The summed E-state index contributed by atoms with van der Waals surface area (Å²) in [7, 11) is 1.58. The number of benzene rings is 1. The molecular weight excluding hydrogens is 332 g/mol. The fourth-order valence-corrected chi connectivity index (χ4v) is 2.85. The molecule has 7 nitrogen and oxygen atoms in total. The van der Waals surface area contributed by atoms with E-state index >= 15 is 0 Å². The maximum atomic E-state index is 12.4. The Labute approximate surface area is 152 Å². The van der Waals surface area contributed by atoms with E-state index in [1.165, 1.54) is 0 Å². The van der Waals surface area contributed by atoms with Gasteiger partial charge in [-0.2, -0.15) is 0 Å². The van der Waals surface area contributed by atoms with Crippen LogP contribution < -0.4 is 15.0 Å². The van der Waals surface area contributed by atoms with E-state index < -0.39 is 0 Å². The Morgan fingerprint density at radius 3 is 2.42 bits per heavy atom. The van der Waals surface area contributed by atoms with Crippen molar-refractivity contribution in [3.8, 4) is 5.75 Å². The smallest absolute Gasteiger partial charge is 0.233 e. The van der Waals surface area contributed by atoms with Crippen LogP contribution in [0.25, 0.3) is 0 Å². The predicted octanol–water partition coefficient (Wildman–Crippen LogP) is 1.77. The fraction of sp³-hybridized carbons (Fsp3) is 0.316. The minimum atomic E-state index is -0.313. The van der Waals surface area contributed by atoms with Crippen LogP contribution in [0.4, 0.5) is 11.5 Å². The lowest BCUT2D eigenvalue weighted by molar-refractivity contribution is -0.134. The normalized spacial score (nSPS) is 14.0. The van der Waals surface area contributed by atoms with Gasteiger partial charge in [-0.15, -0.1) is 0 Å². The maximum absolute atomic E-state index is 12.4. The standard InChI is InChI=1S/C19H22N4O3/c1-26-16-7-5-15(6-8-16)21-18(24)14-19(25)23-12-10-22(11-13-23)17-4-2-3-9-20-17/h2-9H,10-14H2,1H3,(H,21,24). The van der Waals surface area contributed by atoms with Gasteiger partial charge in [0.05, 0.1) is 7.11 Å². The first-order valence-corrected chi connectivity index (χ1v) is 8.53. The monoisotopic (exact) mass is 354 g/mol. The molecule has 2 heterocycles. The highest BCUT2D eigenvalue weighted by Gasteiger charge is 2.23. The zero-order valence-electron chi connectivity index (χ0n) is 14.7. The first-order valence-electron chi connectivity index (χ1n) is 8.53. The van der Waals surface area contributed by atoms with Crippen LogP contribution in [0.5, 0.6) is 5.75 Å². The molecule has 136 valence electrons. The number of pyridine rings is 1. The predicted molar refractivity (Wildman–Crippen MR) is 99.3 cm³/mol. The van der Waals surface area contributed by atoms with Crippen molar-refractivity contribution in [2.45, 2.75) is 6.42 Å². The highest BCUT2D eigenvalue weighted by Crippen LogP contribution is 2.16. The van der Waals surface area contributed by atoms with Crippen molar-refractivity contribution < 1.29 is 14.3 Å². The molecule has 1 aromatic carbocycles. The van der Waals surface area contributed by atoms with Crippen molar-refractivity contribution >= 4 is 23.3 Å². The van der Waals surface area contributed by atoms with Gasteiger partial charge >= 0.3 is 0 Å². The largest absolute Gasteiger partial charge is 0.497 e. The van der Waals surface area contributed by atoms with Gasteiger partial charge in [-0.1, -0.05) is 6.07 Å². The zero-order valence-corrected chi connectivity index (χ0v) is 14.7. The van der Waals surface area contributed by atoms with Crippen LogP contribution in [0, 0.1) is 0 Å². The minimum Gasteiger partial charge on any atom is -0.497 e. The number of carbonyl (C=O) groups excluding carboxylic acids is 2. The van der Waals surface area contributed by atoms with Gasteiger partial charge in [0.2, 0.25) is 11.8 Å². The summed E-state index contributed by atoms with van der Waals surface area (Å²) >= 11 is 0. The topological polar surface area (TPSA) is 74.8 Å². The van der Waals surface area contributed by atoms with Crippen LogP contribution >= 0.6 is 0 Å². The molecule has 7 heteroatoms. The van der Waals surface area contributed by atoms with Gasteiger partial charge in [-0.25, -0.2) is 4.98 Å². The van der Waals surface area contributed by atoms with Gasteiger partial charge in [0.15, 0.2) is 0 Å². The molecule has 1 N–H and O–H groups in total. The van der Waals surface area contributed by atoms with Crippen LogP contribution in [-0.4, -0.2) is 55.0 Å². The lowest BCUT2D eigenvalue weighted by Crippen LogP contribution is -2.49. The Kier molecular flexibility index (Phi) is 5.68. The first-order chi connectivity index (χ1) is 12.7. The Morgan fingerprint density at radius 1 is 1.08 bits per heavy atom. The number of anilines is 2. The van der Waals surface area contributed by atoms with Crippen LogP contribution in [0.2, 0.25) is 0 Å². The summed E-state index contributed by atoms with van der Waals surface area (Å²) in [4.78, 5) is 32.6. The summed E-state index contributed by atoms with van der Waals surface area (Å²) < 4.78 is 5.08. The quantitative estimate of drug-likeness (QED) is 0.829. The van der Waals surface area contributed by atoms with Crippen LogP contribution in [-0.2, 0) is 9.59 Å². The number of amides is 2. The first kappa shape index (κ1) is 17.7. The molecule has 2 amide bonds. The van der Waals surface area contributed by atoms with E-state index in [2.05, 4.69) is 15.2 Å². The number of carbonyl (C=O) groups is 2. The van der Waals surface area contributed by atoms with Crippen LogP contribution in [0.15, 0.2) is 48.7 Å². The van der Waals surface area contributed by atoms with E-state index in [0.29, 0.717) is 37.6 Å². The molecule has 0 unspecified atom stereocenters. The molecule has 0 bridgehead atoms. The number of nitrogens with zero attached hydrogens (tertiary/aromatic N) is 3. The van der Waals surface area contributed by atoms with E-state index in [-0.39, 0.29) is 18.2 Å². The van der Waals surface area contributed by atoms with E-state index in [0.717, 1.165) is 5.82 Å². The van der Waals surface area contributed by atoms with Crippen molar-refractivity contribution in [3.05, 3.63) is 48.7 Å². The third kappa shape index (κ3) is 4.50. The number of ether oxygens (including phenoxy) is 1. The number of piperazine rings is 1. The second-order valence-corrected chi connectivity index (χ2v) is 6.01. The molecule has 26 heavy (non-hydrogen) atoms. The summed E-state index contributed by atoms with van der Waals surface area (Å²) in [5, 5.41) is 2.74. The third-order valence-electron chi connectivity index (χ3n) is 4.29. The third-order valence-corrected chi connectivity index (χ3v) is 4.29. The molecule has 3 rings (SSSR count). The number of aromatic nitrogens is 1. The Hall–Kier alpha value is -3.09. The average Bonchev–Trinajstić information content (AvgIpc) is 2.69. The number of nitrogens with one attached hydrogen (secondary N) is 1. The molecule has 1 saturated heterocycles. The maximum Gasteiger partial charge on any atom is 0.233 e. The molecule has 0 atom stereocenters. The highest BCUT2D eigenvalue weighted by molar-refractivity contribution is 6.03. The highest BCUT2D eigenvalue weighted by atomic mass is 16.5. The van der Waals surface area contributed by atoms with Crippen LogP contribution in [0.3, 0.4) is 0 Å². The SMILES string of the molecule is COc1ccc(NC(=O)CC(=O)N2CCN(c3ccccn3)CC2)cc1.